The van der Waals surface area contributed by atoms with Gasteiger partial charge in [-0.25, -0.2) is 14.0 Å². The molecule has 0 saturated carbocycles. The Labute approximate surface area is 205 Å². The first-order valence-electron chi connectivity index (χ1n) is 10.9. The van der Waals surface area contributed by atoms with Crippen molar-refractivity contribution >= 4 is 35.4 Å². The van der Waals surface area contributed by atoms with Crippen molar-refractivity contribution < 1.29 is 28.6 Å². The minimum Gasteiger partial charge on any atom is -0.478 e. The Morgan fingerprint density at radius 2 is 1.60 bits per heavy atom. The minimum atomic E-state index is -1.41. The van der Waals surface area contributed by atoms with E-state index in [-0.39, 0.29) is 30.5 Å². The highest BCUT2D eigenvalue weighted by atomic mass is 32.2. The van der Waals surface area contributed by atoms with E-state index in [0.29, 0.717) is 5.75 Å². The number of hydrogen-bond acceptors (Lipinski definition) is 5. The van der Waals surface area contributed by atoms with Gasteiger partial charge in [-0.05, 0) is 34.4 Å². The molecular formula is C26H23FN2O5S. The molecule has 1 aliphatic rings. The van der Waals surface area contributed by atoms with Crippen LogP contribution in [0.15, 0.2) is 66.7 Å². The van der Waals surface area contributed by atoms with Crippen LogP contribution in [-0.2, 0) is 9.53 Å². The van der Waals surface area contributed by atoms with Gasteiger partial charge in [-0.1, -0.05) is 54.6 Å². The molecule has 3 N–H and O–H groups in total. The summed E-state index contributed by atoms with van der Waals surface area (Å²) in [6.45, 7) is 0.508. The number of fused-ring (bicyclic) bond motifs is 3. The number of halogens is 1. The largest absolute Gasteiger partial charge is 0.478 e. The van der Waals surface area contributed by atoms with E-state index in [2.05, 4.69) is 22.8 Å². The van der Waals surface area contributed by atoms with Gasteiger partial charge in [-0.3, -0.25) is 4.79 Å². The highest BCUT2D eigenvalue weighted by Gasteiger charge is 2.28. The van der Waals surface area contributed by atoms with E-state index in [9.17, 15) is 18.8 Å². The first-order valence-corrected chi connectivity index (χ1v) is 12.1. The van der Waals surface area contributed by atoms with Crippen molar-refractivity contribution in [1.82, 2.24) is 5.32 Å². The van der Waals surface area contributed by atoms with Gasteiger partial charge in [-0.15, -0.1) is 0 Å². The number of benzene rings is 3. The van der Waals surface area contributed by atoms with Crippen LogP contribution in [0.1, 0.15) is 27.4 Å². The van der Waals surface area contributed by atoms with Crippen molar-refractivity contribution in [2.45, 2.75) is 5.92 Å². The van der Waals surface area contributed by atoms with Gasteiger partial charge in [0, 0.05) is 18.2 Å². The maximum atomic E-state index is 14.1. The number of ether oxygens (including phenoxy) is 1. The lowest BCUT2D eigenvalue weighted by Gasteiger charge is -2.14. The third kappa shape index (κ3) is 5.63. The van der Waals surface area contributed by atoms with E-state index in [1.807, 2.05) is 36.4 Å². The van der Waals surface area contributed by atoms with Crippen LogP contribution in [0.3, 0.4) is 0 Å². The highest BCUT2D eigenvalue weighted by Crippen LogP contribution is 2.44. The molecule has 1 aliphatic carbocycles. The Morgan fingerprint density at radius 1 is 0.943 bits per heavy atom. The Bertz CT molecular complexity index is 1220. The van der Waals surface area contributed by atoms with Gasteiger partial charge in [-0.2, -0.15) is 11.8 Å². The Balaban J connectivity index is 1.18. The number of nitrogens with one attached hydrogen (secondary N) is 2. The SMILES string of the molecule is O=C(CSCCNC(=O)OCC1c2ccccc2-c2ccccc21)Nc1cccc(C(=O)O)c1F. The average Bonchev–Trinajstić information content (AvgIpc) is 3.17. The molecule has 3 aromatic carbocycles. The molecule has 0 aliphatic heterocycles. The standard InChI is InChI=1S/C26H23FN2O5S/c27-24-20(25(31)32)10-5-11-22(24)29-23(30)15-35-13-12-28-26(33)34-14-21-18-8-3-1-6-16(18)17-7-2-4-9-19(17)21/h1-11,21H,12-15H2,(H,28,33)(H,29,30)(H,31,32). The number of rotatable bonds is 9. The summed E-state index contributed by atoms with van der Waals surface area (Å²) >= 11 is 1.24. The average molecular weight is 495 g/mol. The molecule has 0 radical (unpaired) electrons. The van der Waals surface area contributed by atoms with Crippen LogP contribution in [0, 0.1) is 5.82 Å². The molecule has 2 amide bonds. The number of thioether (sulfide) groups is 1. The van der Waals surface area contributed by atoms with Crippen molar-refractivity contribution in [3.63, 3.8) is 0 Å². The number of anilines is 1. The number of aromatic carboxylic acids is 1. The van der Waals surface area contributed by atoms with Gasteiger partial charge in [0.05, 0.1) is 17.0 Å². The molecule has 3 aromatic rings. The lowest BCUT2D eigenvalue weighted by atomic mass is 9.98. The van der Waals surface area contributed by atoms with Gasteiger partial charge in [0.1, 0.15) is 6.61 Å². The third-order valence-corrected chi connectivity index (χ3v) is 6.55. The summed E-state index contributed by atoms with van der Waals surface area (Å²) in [6.07, 6.45) is -0.538. The van der Waals surface area contributed by atoms with Crippen LogP contribution in [-0.4, -0.2) is 47.7 Å². The summed E-state index contributed by atoms with van der Waals surface area (Å²) < 4.78 is 19.6. The second-order valence-corrected chi connectivity index (χ2v) is 8.93. The van der Waals surface area contributed by atoms with Crippen molar-refractivity contribution in [2.24, 2.45) is 0 Å². The molecule has 9 heteroatoms. The summed E-state index contributed by atoms with van der Waals surface area (Å²) in [7, 11) is 0. The quantitative estimate of drug-likeness (QED) is 0.372. The predicted molar refractivity (Wildman–Crippen MR) is 132 cm³/mol. The normalized spacial score (nSPS) is 11.9. The molecule has 7 nitrogen and oxygen atoms in total. The minimum absolute atomic E-state index is 0.0170. The fourth-order valence-corrected chi connectivity index (χ4v) is 4.67. The molecule has 0 atom stereocenters. The number of carbonyl (C=O) groups is 3. The molecular weight excluding hydrogens is 471 g/mol. The van der Waals surface area contributed by atoms with Gasteiger partial charge in [0.15, 0.2) is 5.82 Å². The second-order valence-electron chi connectivity index (χ2n) is 7.83. The van der Waals surface area contributed by atoms with E-state index in [4.69, 9.17) is 9.84 Å². The fourth-order valence-electron chi connectivity index (χ4n) is 4.02. The van der Waals surface area contributed by atoms with Gasteiger partial charge < -0.3 is 20.5 Å². The summed E-state index contributed by atoms with van der Waals surface area (Å²) in [6, 6.07) is 19.9. The Kier molecular flexibility index (Phi) is 7.67. The highest BCUT2D eigenvalue weighted by molar-refractivity contribution is 7.99. The predicted octanol–water partition coefficient (Wildman–Crippen LogP) is 4.73. The number of amides is 2. The van der Waals surface area contributed by atoms with E-state index in [1.54, 1.807) is 0 Å². The molecule has 0 fully saturated rings. The monoisotopic (exact) mass is 494 g/mol. The first kappa shape index (κ1) is 24.3. The molecule has 0 spiro atoms. The molecule has 0 bridgehead atoms. The van der Waals surface area contributed by atoms with Crippen LogP contribution in [0.5, 0.6) is 0 Å². The van der Waals surface area contributed by atoms with Crippen LogP contribution < -0.4 is 10.6 Å². The van der Waals surface area contributed by atoms with E-state index in [0.717, 1.165) is 28.3 Å². The summed E-state index contributed by atoms with van der Waals surface area (Å²) in [5.41, 5.74) is 3.87. The van der Waals surface area contributed by atoms with Crippen LogP contribution >= 0.6 is 11.8 Å². The lowest BCUT2D eigenvalue weighted by Crippen LogP contribution is -2.28. The van der Waals surface area contributed by atoms with Crippen molar-refractivity contribution in [3.05, 3.63) is 89.2 Å². The zero-order chi connectivity index (χ0) is 24.8. The number of carboxylic acid groups (broad SMARTS) is 1. The zero-order valence-electron chi connectivity index (χ0n) is 18.6. The maximum Gasteiger partial charge on any atom is 0.407 e. The molecule has 4 rings (SSSR count). The van der Waals surface area contributed by atoms with Crippen LogP contribution in [0.2, 0.25) is 0 Å². The summed E-state index contributed by atoms with van der Waals surface area (Å²) in [4.78, 5) is 35.2. The van der Waals surface area contributed by atoms with Crippen LogP contribution in [0.25, 0.3) is 11.1 Å². The smallest absolute Gasteiger partial charge is 0.407 e. The molecule has 0 saturated heterocycles. The van der Waals surface area contributed by atoms with Gasteiger partial charge in [0.2, 0.25) is 5.91 Å². The molecule has 35 heavy (non-hydrogen) atoms. The third-order valence-electron chi connectivity index (χ3n) is 5.60. The number of carboxylic acids is 1. The maximum absolute atomic E-state index is 14.1. The van der Waals surface area contributed by atoms with Crippen molar-refractivity contribution in [3.8, 4) is 11.1 Å². The molecule has 0 unspecified atom stereocenters. The summed E-state index contributed by atoms with van der Waals surface area (Å²) in [5, 5.41) is 14.0. The Morgan fingerprint density at radius 3 is 2.26 bits per heavy atom. The Hall–Kier alpha value is -3.85. The zero-order valence-corrected chi connectivity index (χ0v) is 19.4. The second kappa shape index (κ2) is 11.1. The molecule has 180 valence electrons. The van der Waals surface area contributed by atoms with E-state index < -0.39 is 29.4 Å². The topological polar surface area (TPSA) is 105 Å². The van der Waals surface area contributed by atoms with Crippen molar-refractivity contribution in [1.29, 1.82) is 0 Å². The lowest BCUT2D eigenvalue weighted by molar-refractivity contribution is -0.113. The molecule has 0 heterocycles. The summed E-state index contributed by atoms with van der Waals surface area (Å²) in [5.74, 6) is -2.44. The first-order chi connectivity index (χ1) is 17.0. The number of alkyl carbamates (subject to hydrolysis) is 1. The van der Waals surface area contributed by atoms with E-state index in [1.165, 1.54) is 23.9 Å². The number of hydrogen-bond donors (Lipinski definition) is 3. The fraction of sp³-hybridized carbons (Fsp3) is 0.192. The van der Waals surface area contributed by atoms with Crippen LogP contribution in [0.4, 0.5) is 14.9 Å². The van der Waals surface area contributed by atoms with E-state index >= 15 is 0 Å². The van der Waals surface area contributed by atoms with Gasteiger partial charge >= 0.3 is 12.1 Å². The van der Waals surface area contributed by atoms with Crippen molar-refractivity contribution in [2.75, 3.05) is 30.0 Å². The molecule has 0 aromatic heterocycles. The number of carbonyl (C=O) groups excluding carboxylic acids is 2. The van der Waals surface area contributed by atoms with Gasteiger partial charge in [0.25, 0.3) is 0 Å².